The Morgan fingerprint density at radius 2 is 2.04 bits per heavy atom. The number of hydrogen-bond acceptors (Lipinski definition) is 4. The fourth-order valence-corrected chi connectivity index (χ4v) is 3.64. The Kier molecular flexibility index (Phi) is 6.50. The van der Waals surface area contributed by atoms with Gasteiger partial charge >= 0.3 is 0 Å². The van der Waals surface area contributed by atoms with Gasteiger partial charge in [0.25, 0.3) is 0 Å². The van der Waals surface area contributed by atoms with Gasteiger partial charge in [-0.05, 0) is 29.8 Å². The number of para-hydroxylation sites is 1. The molecular formula is C21H25ClN4O. The van der Waals surface area contributed by atoms with Gasteiger partial charge in [0.15, 0.2) is 0 Å². The van der Waals surface area contributed by atoms with Crippen molar-refractivity contribution in [2.24, 2.45) is 0 Å². The number of ether oxygens (including phenoxy) is 1. The van der Waals surface area contributed by atoms with E-state index >= 15 is 0 Å². The average Bonchev–Trinajstić information content (AvgIpc) is 3.24. The van der Waals surface area contributed by atoms with E-state index in [2.05, 4.69) is 51.7 Å². The van der Waals surface area contributed by atoms with Crippen LogP contribution in [-0.2, 0) is 6.54 Å². The highest BCUT2D eigenvalue weighted by Crippen LogP contribution is 2.31. The van der Waals surface area contributed by atoms with Crippen LogP contribution in [0.3, 0.4) is 0 Å². The zero-order valence-corrected chi connectivity index (χ0v) is 16.2. The molecule has 0 saturated carbocycles. The van der Waals surface area contributed by atoms with Crippen molar-refractivity contribution in [3.05, 3.63) is 78.1 Å². The molecule has 1 N–H and O–H groups in total. The van der Waals surface area contributed by atoms with Crippen molar-refractivity contribution in [3.63, 3.8) is 0 Å². The molecule has 142 valence electrons. The number of hydrogen-bond donors (Lipinski definition) is 1. The number of nitrogens with one attached hydrogen (secondary N) is 1. The van der Waals surface area contributed by atoms with Crippen molar-refractivity contribution >= 4 is 12.4 Å². The van der Waals surface area contributed by atoms with Gasteiger partial charge in [0, 0.05) is 44.1 Å². The Labute approximate surface area is 166 Å². The third kappa shape index (κ3) is 4.33. The first kappa shape index (κ1) is 19.4. The van der Waals surface area contributed by atoms with Crippen LogP contribution in [-0.4, -0.2) is 41.4 Å². The molecule has 0 spiro atoms. The van der Waals surface area contributed by atoms with Crippen LogP contribution < -0.4 is 10.1 Å². The fraction of sp³-hybridized carbons (Fsp3) is 0.286. The van der Waals surface area contributed by atoms with Gasteiger partial charge in [-0.25, -0.2) is 4.68 Å². The first-order valence-corrected chi connectivity index (χ1v) is 9.02. The highest BCUT2D eigenvalue weighted by atomic mass is 35.5. The molecule has 1 aliphatic heterocycles. The molecule has 1 atom stereocenters. The number of methoxy groups -OCH3 is 1. The van der Waals surface area contributed by atoms with Gasteiger partial charge in [0.1, 0.15) is 5.75 Å². The van der Waals surface area contributed by atoms with E-state index in [1.165, 1.54) is 11.1 Å². The molecule has 1 aliphatic rings. The second-order valence-corrected chi connectivity index (χ2v) is 6.55. The molecule has 2 heterocycles. The smallest absolute Gasteiger partial charge is 0.123 e. The summed E-state index contributed by atoms with van der Waals surface area (Å²) in [6.45, 7) is 3.85. The predicted octanol–water partition coefficient (Wildman–Crippen LogP) is 3.45. The average molecular weight is 385 g/mol. The standard InChI is InChI=1S/C21H24N4O.ClH/c1-26-21-9-3-2-8-19(21)20-15-22-11-13-24(20)16-17-6-4-7-18(14-17)25-12-5-10-23-25;/h2-10,12,14,20,22H,11,13,15-16H2,1H3;1H. The summed E-state index contributed by atoms with van der Waals surface area (Å²) in [7, 11) is 1.74. The molecule has 4 rings (SSSR count). The predicted molar refractivity (Wildman–Crippen MR) is 110 cm³/mol. The molecule has 2 aromatic carbocycles. The third-order valence-corrected chi connectivity index (χ3v) is 4.92. The summed E-state index contributed by atoms with van der Waals surface area (Å²) in [5.41, 5.74) is 3.63. The molecule has 0 bridgehead atoms. The lowest BCUT2D eigenvalue weighted by molar-refractivity contribution is 0.151. The van der Waals surface area contributed by atoms with Crippen molar-refractivity contribution in [2.75, 3.05) is 26.7 Å². The lowest BCUT2D eigenvalue weighted by Gasteiger charge is -2.37. The van der Waals surface area contributed by atoms with Gasteiger partial charge in [-0.2, -0.15) is 5.10 Å². The molecule has 0 aliphatic carbocycles. The number of nitrogens with zero attached hydrogens (tertiary/aromatic N) is 3. The minimum atomic E-state index is 0. The van der Waals surface area contributed by atoms with Crippen LogP contribution in [0.25, 0.3) is 5.69 Å². The maximum Gasteiger partial charge on any atom is 0.123 e. The van der Waals surface area contributed by atoms with E-state index in [4.69, 9.17) is 4.74 Å². The second kappa shape index (κ2) is 9.04. The maximum atomic E-state index is 5.60. The highest BCUT2D eigenvalue weighted by molar-refractivity contribution is 5.85. The van der Waals surface area contributed by atoms with E-state index in [9.17, 15) is 0 Å². The SMILES string of the molecule is COc1ccccc1C1CNCCN1Cc1cccc(-n2cccn2)c1.Cl. The summed E-state index contributed by atoms with van der Waals surface area (Å²) in [6, 6.07) is 19.2. The van der Waals surface area contributed by atoms with Crippen LogP contribution >= 0.6 is 12.4 Å². The van der Waals surface area contributed by atoms with Crippen LogP contribution in [0.2, 0.25) is 0 Å². The molecule has 5 nitrogen and oxygen atoms in total. The molecule has 1 aromatic heterocycles. The van der Waals surface area contributed by atoms with E-state index < -0.39 is 0 Å². The normalized spacial score (nSPS) is 17.3. The topological polar surface area (TPSA) is 42.3 Å². The van der Waals surface area contributed by atoms with Gasteiger partial charge in [-0.1, -0.05) is 30.3 Å². The molecule has 3 aromatic rings. The summed E-state index contributed by atoms with van der Waals surface area (Å²) in [5.74, 6) is 0.955. The number of aromatic nitrogens is 2. The van der Waals surface area contributed by atoms with Crippen molar-refractivity contribution in [1.82, 2.24) is 20.0 Å². The largest absolute Gasteiger partial charge is 0.496 e. The lowest BCUT2D eigenvalue weighted by atomic mass is 10.0. The van der Waals surface area contributed by atoms with Gasteiger partial charge in [0.05, 0.1) is 18.8 Å². The van der Waals surface area contributed by atoms with Crippen molar-refractivity contribution in [2.45, 2.75) is 12.6 Å². The summed E-state index contributed by atoms with van der Waals surface area (Å²) >= 11 is 0. The fourth-order valence-electron chi connectivity index (χ4n) is 3.64. The summed E-state index contributed by atoms with van der Waals surface area (Å²) in [6.07, 6.45) is 3.78. The first-order valence-electron chi connectivity index (χ1n) is 9.02. The Bertz CT molecular complexity index is 853. The van der Waals surface area contributed by atoms with Crippen molar-refractivity contribution < 1.29 is 4.74 Å². The Morgan fingerprint density at radius 1 is 1.15 bits per heavy atom. The van der Waals surface area contributed by atoms with Gasteiger partial charge < -0.3 is 10.1 Å². The molecular weight excluding hydrogens is 360 g/mol. The van der Waals surface area contributed by atoms with Gasteiger partial charge in [0.2, 0.25) is 0 Å². The Morgan fingerprint density at radius 3 is 2.85 bits per heavy atom. The van der Waals surface area contributed by atoms with Crippen molar-refractivity contribution in [3.8, 4) is 11.4 Å². The van der Waals surface area contributed by atoms with Crippen LogP contribution in [0.1, 0.15) is 17.2 Å². The molecule has 6 heteroatoms. The maximum absolute atomic E-state index is 5.60. The zero-order valence-electron chi connectivity index (χ0n) is 15.4. The molecule has 1 saturated heterocycles. The highest BCUT2D eigenvalue weighted by Gasteiger charge is 2.26. The monoisotopic (exact) mass is 384 g/mol. The zero-order chi connectivity index (χ0) is 17.8. The van der Waals surface area contributed by atoms with Gasteiger partial charge in [-0.3, -0.25) is 4.90 Å². The van der Waals surface area contributed by atoms with E-state index in [1.807, 2.05) is 29.1 Å². The van der Waals surface area contributed by atoms with E-state index in [1.54, 1.807) is 13.3 Å². The van der Waals surface area contributed by atoms with E-state index in [0.29, 0.717) is 6.04 Å². The number of halogens is 1. The quantitative estimate of drug-likeness (QED) is 0.731. The first-order chi connectivity index (χ1) is 12.8. The third-order valence-electron chi connectivity index (χ3n) is 4.92. The summed E-state index contributed by atoms with van der Waals surface area (Å²) in [4.78, 5) is 2.52. The van der Waals surface area contributed by atoms with Crippen molar-refractivity contribution in [1.29, 1.82) is 0 Å². The van der Waals surface area contributed by atoms with E-state index in [0.717, 1.165) is 37.6 Å². The van der Waals surface area contributed by atoms with Gasteiger partial charge in [-0.15, -0.1) is 12.4 Å². The van der Waals surface area contributed by atoms with E-state index in [-0.39, 0.29) is 12.4 Å². The molecule has 27 heavy (non-hydrogen) atoms. The summed E-state index contributed by atoms with van der Waals surface area (Å²) in [5, 5.41) is 7.86. The molecule has 1 unspecified atom stereocenters. The number of rotatable bonds is 5. The number of benzene rings is 2. The van der Waals surface area contributed by atoms with Crippen LogP contribution in [0.15, 0.2) is 67.0 Å². The van der Waals surface area contributed by atoms with Crippen LogP contribution in [0.5, 0.6) is 5.75 Å². The molecule has 0 amide bonds. The lowest BCUT2D eigenvalue weighted by Crippen LogP contribution is -2.45. The van der Waals surface area contributed by atoms with Crippen LogP contribution in [0, 0.1) is 0 Å². The minimum Gasteiger partial charge on any atom is -0.496 e. The Hall–Kier alpha value is -2.34. The summed E-state index contributed by atoms with van der Waals surface area (Å²) < 4.78 is 7.50. The molecule has 1 fully saturated rings. The minimum absolute atomic E-state index is 0. The Balaban J connectivity index is 0.00000210. The second-order valence-electron chi connectivity index (χ2n) is 6.55. The van der Waals surface area contributed by atoms with Crippen LogP contribution in [0.4, 0.5) is 0 Å². The molecule has 0 radical (unpaired) electrons. The number of piperazine rings is 1.